The summed E-state index contributed by atoms with van der Waals surface area (Å²) >= 11 is 0. The van der Waals surface area contributed by atoms with Crippen LogP contribution in [0.15, 0.2) is 0 Å². The topological polar surface area (TPSA) is 24.5 Å². The van der Waals surface area contributed by atoms with Gasteiger partial charge in [0, 0.05) is 24.7 Å². The first kappa shape index (κ1) is 12.9. The molecule has 0 bridgehead atoms. The van der Waals surface area contributed by atoms with Gasteiger partial charge in [-0.25, -0.2) is 0 Å². The summed E-state index contributed by atoms with van der Waals surface area (Å²) in [7, 11) is 0. The molecule has 90 valence electrons. The maximum absolute atomic E-state index is 5.53. The lowest BCUT2D eigenvalue weighted by molar-refractivity contribution is -0.0544. The summed E-state index contributed by atoms with van der Waals surface area (Å²) in [4.78, 5) is 2.55. The maximum Gasteiger partial charge on any atom is 0.0645 e. The van der Waals surface area contributed by atoms with Crippen molar-refractivity contribution in [1.82, 2.24) is 10.2 Å². The van der Waals surface area contributed by atoms with E-state index in [9.17, 15) is 0 Å². The van der Waals surface area contributed by atoms with Gasteiger partial charge in [-0.2, -0.15) is 0 Å². The van der Waals surface area contributed by atoms with E-state index < -0.39 is 0 Å². The highest BCUT2D eigenvalue weighted by Crippen LogP contribution is 2.19. The van der Waals surface area contributed by atoms with Gasteiger partial charge >= 0.3 is 0 Å². The quantitative estimate of drug-likeness (QED) is 0.750. The SMILES string of the molecule is CCNC(CC)CN1CCOCC1(C)C. The van der Waals surface area contributed by atoms with E-state index in [0.717, 1.165) is 32.8 Å². The number of nitrogens with zero attached hydrogens (tertiary/aromatic N) is 1. The number of hydrogen-bond acceptors (Lipinski definition) is 3. The predicted molar refractivity (Wildman–Crippen MR) is 64.2 cm³/mol. The van der Waals surface area contributed by atoms with Crippen LogP contribution in [0.5, 0.6) is 0 Å². The molecule has 1 N–H and O–H groups in total. The number of hydrogen-bond donors (Lipinski definition) is 1. The fourth-order valence-corrected chi connectivity index (χ4v) is 2.12. The minimum atomic E-state index is 0.196. The van der Waals surface area contributed by atoms with Gasteiger partial charge in [-0.15, -0.1) is 0 Å². The highest BCUT2D eigenvalue weighted by Gasteiger charge is 2.31. The first-order chi connectivity index (χ1) is 7.10. The molecule has 1 rings (SSSR count). The van der Waals surface area contributed by atoms with Gasteiger partial charge in [-0.3, -0.25) is 4.90 Å². The van der Waals surface area contributed by atoms with Crippen LogP contribution in [0.2, 0.25) is 0 Å². The van der Waals surface area contributed by atoms with Crippen molar-refractivity contribution in [3.8, 4) is 0 Å². The van der Waals surface area contributed by atoms with E-state index in [1.807, 2.05) is 0 Å². The maximum atomic E-state index is 5.53. The summed E-state index contributed by atoms with van der Waals surface area (Å²) in [6.45, 7) is 14.0. The zero-order valence-corrected chi connectivity index (χ0v) is 10.7. The Balaban J connectivity index is 2.46. The van der Waals surface area contributed by atoms with E-state index in [2.05, 4.69) is 37.9 Å². The third kappa shape index (κ3) is 3.74. The van der Waals surface area contributed by atoms with Gasteiger partial charge in [-0.05, 0) is 26.8 Å². The highest BCUT2D eigenvalue weighted by atomic mass is 16.5. The molecule has 15 heavy (non-hydrogen) atoms. The Morgan fingerprint density at radius 3 is 2.67 bits per heavy atom. The Kier molecular flexibility index (Phi) is 5.03. The third-order valence-electron chi connectivity index (χ3n) is 3.24. The molecular formula is C12H26N2O. The van der Waals surface area contributed by atoms with E-state index >= 15 is 0 Å². The van der Waals surface area contributed by atoms with Gasteiger partial charge in [0.15, 0.2) is 0 Å². The van der Waals surface area contributed by atoms with Crippen molar-refractivity contribution < 1.29 is 4.74 Å². The van der Waals surface area contributed by atoms with Crippen LogP contribution in [-0.4, -0.2) is 49.3 Å². The molecule has 0 aromatic heterocycles. The minimum absolute atomic E-state index is 0.196. The second-order valence-corrected chi connectivity index (χ2v) is 4.97. The van der Waals surface area contributed by atoms with E-state index in [4.69, 9.17) is 4.74 Å². The number of likely N-dealkylation sites (N-methyl/N-ethyl adjacent to an activating group) is 1. The smallest absolute Gasteiger partial charge is 0.0645 e. The molecule has 0 aromatic rings. The molecule has 1 fully saturated rings. The second kappa shape index (κ2) is 5.83. The van der Waals surface area contributed by atoms with Gasteiger partial charge < -0.3 is 10.1 Å². The Morgan fingerprint density at radius 1 is 1.40 bits per heavy atom. The molecule has 0 spiro atoms. The average molecular weight is 214 g/mol. The number of ether oxygens (including phenoxy) is 1. The second-order valence-electron chi connectivity index (χ2n) is 4.97. The van der Waals surface area contributed by atoms with Gasteiger partial charge in [0.1, 0.15) is 0 Å². The van der Waals surface area contributed by atoms with E-state index in [1.165, 1.54) is 6.42 Å². The van der Waals surface area contributed by atoms with E-state index in [-0.39, 0.29) is 5.54 Å². The van der Waals surface area contributed by atoms with Crippen molar-refractivity contribution in [3.63, 3.8) is 0 Å². The van der Waals surface area contributed by atoms with Crippen molar-refractivity contribution in [3.05, 3.63) is 0 Å². The number of morpholine rings is 1. The predicted octanol–water partition coefficient (Wildman–Crippen LogP) is 1.49. The van der Waals surface area contributed by atoms with Crippen molar-refractivity contribution in [1.29, 1.82) is 0 Å². The largest absolute Gasteiger partial charge is 0.378 e. The molecule has 1 saturated heterocycles. The first-order valence-corrected chi connectivity index (χ1v) is 6.16. The molecular weight excluding hydrogens is 188 g/mol. The lowest BCUT2D eigenvalue weighted by Crippen LogP contribution is -2.56. The summed E-state index contributed by atoms with van der Waals surface area (Å²) < 4.78 is 5.53. The van der Waals surface area contributed by atoms with Crippen LogP contribution in [0.4, 0.5) is 0 Å². The molecule has 3 nitrogen and oxygen atoms in total. The fraction of sp³-hybridized carbons (Fsp3) is 1.00. The summed E-state index contributed by atoms with van der Waals surface area (Å²) in [6.07, 6.45) is 1.20. The summed E-state index contributed by atoms with van der Waals surface area (Å²) in [5, 5.41) is 3.53. The first-order valence-electron chi connectivity index (χ1n) is 6.16. The molecule has 0 saturated carbocycles. The molecule has 3 heteroatoms. The van der Waals surface area contributed by atoms with Crippen LogP contribution in [0.1, 0.15) is 34.1 Å². The van der Waals surface area contributed by atoms with Gasteiger partial charge in [0.2, 0.25) is 0 Å². The molecule has 0 radical (unpaired) electrons. The Labute approximate surface area is 94.2 Å². The molecule has 0 aliphatic carbocycles. The van der Waals surface area contributed by atoms with Crippen LogP contribution >= 0.6 is 0 Å². The lowest BCUT2D eigenvalue weighted by atomic mass is 10.0. The van der Waals surface area contributed by atoms with Crippen LogP contribution < -0.4 is 5.32 Å². The van der Waals surface area contributed by atoms with Crippen LogP contribution in [0, 0.1) is 0 Å². The Morgan fingerprint density at radius 2 is 2.13 bits per heavy atom. The van der Waals surface area contributed by atoms with Crippen LogP contribution in [0.3, 0.4) is 0 Å². The Hall–Kier alpha value is -0.120. The molecule has 1 atom stereocenters. The molecule has 1 heterocycles. The van der Waals surface area contributed by atoms with Gasteiger partial charge in [0.25, 0.3) is 0 Å². The molecule has 0 aromatic carbocycles. The Bertz CT molecular complexity index is 182. The monoisotopic (exact) mass is 214 g/mol. The van der Waals surface area contributed by atoms with Crippen molar-refractivity contribution >= 4 is 0 Å². The standard InChI is InChI=1S/C12H26N2O/c1-5-11(13-6-2)9-14-7-8-15-10-12(14,3)4/h11,13H,5-10H2,1-4H3. The highest BCUT2D eigenvalue weighted by molar-refractivity contribution is 4.86. The van der Waals surface area contributed by atoms with Crippen LogP contribution in [0.25, 0.3) is 0 Å². The average Bonchev–Trinajstić information content (AvgIpc) is 2.20. The molecule has 1 aliphatic heterocycles. The molecule has 1 aliphatic rings. The normalized spacial score (nSPS) is 24.0. The zero-order valence-electron chi connectivity index (χ0n) is 10.7. The van der Waals surface area contributed by atoms with Crippen LogP contribution in [-0.2, 0) is 4.74 Å². The van der Waals surface area contributed by atoms with E-state index in [0.29, 0.717) is 6.04 Å². The number of nitrogens with one attached hydrogen (secondary N) is 1. The summed E-state index contributed by atoms with van der Waals surface area (Å²) in [5.74, 6) is 0. The summed E-state index contributed by atoms with van der Waals surface area (Å²) in [5.41, 5.74) is 0.196. The lowest BCUT2D eigenvalue weighted by Gasteiger charge is -2.43. The van der Waals surface area contributed by atoms with Crippen molar-refractivity contribution in [2.45, 2.75) is 45.7 Å². The van der Waals surface area contributed by atoms with Gasteiger partial charge in [0.05, 0.1) is 13.2 Å². The van der Waals surface area contributed by atoms with Crippen molar-refractivity contribution in [2.75, 3.05) is 32.8 Å². The number of rotatable bonds is 5. The molecule has 1 unspecified atom stereocenters. The van der Waals surface area contributed by atoms with Gasteiger partial charge in [-0.1, -0.05) is 13.8 Å². The molecule has 0 amide bonds. The van der Waals surface area contributed by atoms with Crippen molar-refractivity contribution in [2.24, 2.45) is 0 Å². The minimum Gasteiger partial charge on any atom is -0.378 e. The summed E-state index contributed by atoms with van der Waals surface area (Å²) in [6, 6.07) is 0.618. The fourth-order valence-electron chi connectivity index (χ4n) is 2.12. The zero-order chi connectivity index (χ0) is 11.3. The van der Waals surface area contributed by atoms with E-state index in [1.54, 1.807) is 0 Å². The third-order valence-corrected chi connectivity index (χ3v) is 3.24.